The summed E-state index contributed by atoms with van der Waals surface area (Å²) in [6.07, 6.45) is 18.6. The van der Waals surface area contributed by atoms with Gasteiger partial charge in [-0.1, -0.05) is 38.0 Å². The van der Waals surface area contributed by atoms with Gasteiger partial charge in [0.1, 0.15) is 6.10 Å². The molecule has 24 heavy (non-hydrogen) atoms. The maximum absolute atomic E-state index is 12.4. The molecular formula is C21H31NO2. The Labute approximate surface area is 146 Å². The average Bonchev–Trinajstić information content (AvgIpc) is 2.61. The first kappa shape index (κ1) is 18.8. The van der Waals surface area contributed by atoms with Crippen molar-refractivity contribution in [3.05, 3.63) is 24.3 Å². The second kappa shape index (κ2) is 10.3. The van der Waals surface area contributed by atoms with E-state index in [9.17, 15) is 4.79 Å². The van der Waals surface area contributed by atoms with E-state index in [2.05, 4.69) is 13.0 Å². The number of carbonyl (C=O) groups is 1. The molecule has 3 nitrogen and oxygen atoms in total. The van der Waals surface area contributed by atoms with E-state index in [1.807, 2.05) is 12.1 Å². The van der Waals surface area contributed by atoms with Crippen LogP contribution in [0.25, 0.3) is 0 Å². The number of hydrogen-bond donors (Lipinski definition) is 0. The maximum atomic E-state index is 12.4. The van der Waals surface area contributed by atoms with Gasteiger partial charge >= 0.3 is 5.97 Å². The molecule has 0 aliphatic heterocycles. The minimum Gasteiger partial charge on any atom is -0.462 e. The monoisotopic (exact) mass is 329 g/mol. The van der Waals surface area contributed by atoms with Crippen molar-refractivity contribution < 1.29 is 9.53 Å². The van der Waals surface area contributed by atoms with Crippen molar-refractivity contribution in [3.63, 3.8) is 0 Å². The molecule has 132 valence electrons. The Morgan fingerprint density at radius 3 is 2.42 bits per heavy atom. The highest BCUT2D eigenvalue weighted by molar-refractivity contribution is 5.72. The van der Waals surface area contributed by atoms with Crippen molar-refractivity contribution >= 4 is 5.97 Å². The molecule has 0 spiro atoms. The highest BCUT2D eigenvalue weighted by Crippen LogP contribution is 2.33. The molecule has 0 unspecified atom stereocenters. The molecule has 0 N–H and O–H groups in total. The van der Waals surface area contributed by atoms with Crippen LogP contribution in [0.1, 0.15) is 71.1 Å². The molecule has 0 saturated heterocycles. The fourth-order valence-corrected chi connectivity index (χ4v) is 4.07. The molecule has 3 heteroatoms. The number of nitrogens with zero attached hydrogens (tertiary/aromatic N) is 1. The molecule has 0 amide bonds. The molecule has 2 aliphatic carbocycles. The van der Waals surface area contributed by atoms with E-state index >= 15 is 0 Å². The van der Waals surface area contributed by atoms with Gasteiger partial charge in [0.15, 0.2) is 0 Å². The van der Waals surface area contributed by atoms with E-state index in [4.69, 9.17) is 10.00 Å². The molecule has 2 aliphatic rings. The van der Waals surface area contributed by atoms with Gasteiger partial charge in [-0.15, -0.1) is 0 Å². The SMILES string of the molecule is CCCC1CCC(C(=O)OC2CCC(C=CC=CC#N)CC2)CC1. The van der Waals surface area contributed by atoms with Crippen molar-refractivity contribution in [2.45, 2.75) is 77.2 Å². The summed E-state index contributed by atoms with van der Waals surface area (Å²) >= 11 is 0. The molecule has 0 aromatic carbocycles. The van der Waals surface area contributed by atoms with Crippen LogP contribution >= 0.6 is 0 Å². The zero-order chi connectivity index (χ0) is 17.2. The highest BCUT2D eigenvalue weighted by Gasteiger charge is 2.30. The first-order valence-corrected chi connectivity index (χ1v) is 9.66. The Balaban J connectivity index is 1.66. The molecule has 0 aromatic heterocycles. The quantitative estimate of drug-likeness (QED) is 0.376. The standard InChI is InChI=1S/C21H31NO2/c1-2-6-17-8-12-19(13-9-17)21(23)24-20-14-10-18(11-15-20)7-4-3-5-16-22/h3-5,7,17-20H,2,6,8-15H2,1H3. The zero-order valence-corrected chi connectivity index (χ0v) is 15.0. The largest absolute Gasteiger partial charge is 0.462 e. The number of ether oxygens (including phenoxy) is 1. The number of hydrogen-bond acceptors (Lipinski definition) is 3. The van der Waals surface area contributed by atoms with Crippen LogP contribution in [0.3, 0.4) is 0 Å². The lowest BCUT2D eigenvalue weighted by Gasteiger charge is -2.31. The van der Waals surface area contributed by atoms with Gasteiger partial charge in [-0.05, 0) is 63.2 Å². The number of allylic oxidation sites excluding steroid dienone is 4. The predicted molar refractivity (Wildman–Crippen MR) is 96.1 cm³/mol. The van der Waals surface area contributed by atoms with Crippen LogP contribution in [0.4, 0.5) is 0 Å². The zero-order valence-electron chi connectivity index (χ0n) is 15.0. The smallest absolute Gasteiger partial charge is 0.309 e. The molecule has 2 rings (SSSR count). The van der Waals surface area contributed by atoms with Crippen molar-refractivity contribution in [1.82, 2.24) is 0 Å². The van der Waals surface area contributed by atoms with Crippen molar-refractivity contribution in [2.24, 2.45) is 17.8 Å². The van der Waals surface area contributed by atoms with Crippen LogP contribution in [0.15, 0.2) is 24.3 Å². The van der Waals surface area contributed by atoms with Gasteiger partial charge in [0.05, 0.1) is 12.0 Å². The maximum Gasteiger partial charge on any atom is 0.309 e. The third-order valence-corrected chi connectivity index (χ3v) is 5.54. The van der Waals surface area contributed by atoms with Crippen LogP contribution in [-0.4, -0.2) is 12.1 Å². The van der Waals surface area contributed by atoms with Crippen LogP contribution in [0.2, 0.25) is 0 Å². The van der Waals surface area contributed by atoms with Gasteiger partial charge in [0.2, 0.25) is 0 Å². The molecule has 2 fully saturated rings. The molecule has 0 aromatic rings. The lowest BCUT2D eigenvalue weighted by atomic mass is 9.80. The number of carbonyl (C=O) groups excluding carboxylic acids is 1. The summed E-state index contributed by atoms with van der Waals surface area (Å²) in [5.74, 6) is 1.58. The summed E-state index contributed by atoms with van der Waals surface area (Å²) in [6, 6.07) is 1.99. The average molecular weight is 329 g/mol. The van der Waals surface area contributed by atoms with Crippen LogP contribution in [-0.2, 0) is 9.53 Å². The first-order valence-electron chi connectivity index (χ1n) is 9.66. The third-order valence-electron chi connectivity index (χ3n) is 5.54. The summed E-state index contributed by atoms with van der Waals surface area (Å²) in [4.78, 5) is 12.4. The molecule has 0 atom stereocenters. The summed E-state index contributed by atoms with van der Waals surface area (Å²) in [7, 11) is 0. The third kappa shape index (κ3) is 6.15. The van der Waals surface area contributed by atoms with E-state index in [0.29, 0.717) is 5.92 Å². The van der Waals surface area contributed by atoms with Gasteiger partial charge in [-0.2, -0.15) is 5.26 Å². The fourth-order valence-electron chi connectivity index (χ4n) is 4.07. The summed E-state index contributed by atoms with van der Waals surface area (Å²) in [5, 5.41) is 8.45. The van der Waals surface area contributed by atoms with Gasteiger partial charge in [0, 0.05) is 6.08 Å². The molecule has 2 saturated carbocycles. The normalized spacial score (nSPS) is 31.2. The van der Waals surface area contributed by atoms with Crippen LogP contribution < -0.4 is 0 Å². The topological polar surface area (TPSA) is 50.1 Å². The van der Waals surface area contributed by atoms with E-state index < -0.39 is 0 Å². The summed E-state index contributed by atoms with van der Waals surface area (Å²) < 4.78 is 5.80. The van der Waals surface area contributed by atoms with E-state index in [1.54, 1.807) is 6.08 Å². The van der Waals surface area contributed by atoms with Gasteiger partial charge in [-0.25, -0.2) is 0 Å². The van der Waals surface area contributed by atoms with Crippen molar-refractivity contribution in [3.8, 4) is 6.07 Å². The minimum absolute atomic E-state index is 0.0564. The minimum atomic E-state index is 0.0564. The highest BCUT2D eigenvalue weighted by atomic mass is 16.5. The van der Waals surface area contributed by atoms with Gasteiger partial charge in [-0.3, -0.25) is 4.79 Å². The van der Waals surface area contributed by atoms with Crippen molar-refractivity contribution in [2.75, 3.05) is 0 Å². The predicted octanol–water partition coefficient (Wildman–Crippen LogP) is 5.33. The van der Waals surface area contributed by atoms with Crippen LogP contribution in [0, 0.1) is 29.1 Å². The number of nitriles is 1. The van der Waals surface area contributed by atoms with E-state index in [-0.39, 0.29) is 18.0 Å². The Bertz CT molecular complexity index is 473. The second-order valence-electron chi connectivity index (χ2n) is 7.35. The molecule has 0 heterocycles. The van der Waals surface area contributed by atoms with E-state index in [0.717, 1.165) is 44.4 Å². The summed E-state index contributed by atoms with van der Waals surface area (Å²) in [5.41, 5.74) is 0. The Morgan fingerprint density at radius 1 is 1.08 bits per heavy atom. The van der Waals surface area contributed by atoms with Gasteiger partial charge in [0.25, 0.3) is 0 Å². The van der Waals surface area contributed by atoms with Crippen molar-refractivity contribution in [1.29, 1.82) is 5.26 Å². The molecular weight excluding hydrogens is 298 g/mol. The lowest BCUT2D eigenvalue weighted by molar-refractivity contribution is -0.157. The van der Waals surface area contributed by atoms with E-state index in [1.165, 1.54) is 31.8 Å². The van der Waals surface area contributed by atoms with Crippen LogP contribution in [0.5, 0.6) is 0 Å². The fraction of sp³-hybridized carbons (Fsp3) is 0.714. The Kier molecular flexibility index (Phi) is 8.08. The Hall–Kier alpha value is -1.56. The molecule has 0 bridgehead atoms. The lowest BCUT2D eigenvalue weighted by Crippen LogP contribution is -2.29. The first-order chi connectivity index (χ1) is 11.7. The summed E-state index contributed by atoms with van der Waals surface area (Å²) in [6.45, 7) is 2.24. The Morgan fingerprint density at radius 2 is 1.79 bits per heavy atom. The molecule has 0 radical (unpaired) electrons. The number of rotatable bonds is 6. The second-order valence-corrected chi connectivity index (χ2v) is 7.35. The van der Waals surface area contributed by atoms with Gasteiger partial charge < -0.3 is 4.74 Å². The number of esters is 1.